The molecule has 1 aromatic rings. The normalized spacial score (nSPS) is 11.8. The van der Waals surface area contributed by atoms with Gasteiger partial charge in [-0.05, 0) is 32.9 Å². The van der Waals surface area contributed by atoms with E-state index in [2.05, 4.69) is 25.7 Å². The molecule has 0 aromatic heterocycles. The quantitative estimate of drug-likeness (QED) is 0.753. The third-order valence-corrected chi connectivity index (χ3v) is 3.56. The average Bonchev–Trinajstić information content (AvgIpc) is 2.30. The molecule has 0 bridgehead atoms. The predicted octanol–water partition coefficient (Wildman–Crippen LogP) is 2.92. The van der Waals surface area contributed by atoms with E-state index < -0.39 is 0 Å². The van der Waals surface area contributed by atoms with Crippen molar-refractivity contribution in [2.75, 3.05) is 13.6 Å². The second-order valence-corrected chi connectivity index (χ2v) is 5.22. The van der Waals surface area contributed by atoms with Crippen molar-refractivity contribution in [2.45, 2.75) is 39.2 Å². The molecule has 0 fully saturated rings. The van der Waals surface area contributed by atoms with Crippen molar-refractivity contribution in [3.05, 3.63) is 35.9 Å². The molecule has 94 valence electrons. The molecule has 0 unspecified atom stereocenters. The first-order valence-electron chi connectivity index (χ1n) is 6.22. The van der Waals surface area contributed by atoms with E-state index in [-0.39, 0.29) is 11.3 Å². The third-order valence-electron chi connectivity index (χ3n) is 3.56. The van der Waals surface area contributed by atoms with Crippen LogP contribution in [0.1, 0.15) is 32.8 Å². The maximum Gasteiger partial charge on any atom is 0.151 e. The summed E-state index contributed by atoms with van der Waals surface area (Å²) in [5.41, 5.74) is 1.19. The molecule has 1 rings (SSSR count). The Bertz CT molecular complexity index is 356. The minimum Gasteiger partial charge on any atom is -0.298 e. The van der Waals surface area contributed by atoms with Gasteiger partial charge in [0.1, 0.15) is 0 Å². The van der Waals surface area contributed by atoms with Gasteiger partial charge in [-0.2, -0.15) is 0 Å². The lowest BCUT2D eigenvalue weighted by Gasteiger charge is -2.34. The molecule has 0 amide bonds. The lowest BCUT2D eigenvalue weighted by Crippen LogP contribution is -2.43. The molecule has 0 heterocycles. The van der Waals surface area contributed by atoms with E-state index in [1.807, 2.05) is 37.4 Å². The van der Waals surface area contributed by atoms with Crippen molar-refractivity contribution in [2.24, 2.45) is 0 Å². The Labute approximate surface area is 105 Å². The summed E-state index contributed by atoms with van der Waals surface area (Å²) in [4.78, 5) is 14.1. The SMILES string of the molecule is CCC(C)(C)N(C)CC(=O)Cc1ccccc1. The maximum absolute atomic E-state index is 11.9. The lowest BCUT2D eigenvalue weighted by atomic mass is 9.99. The molecule has 2 nitrogen and oxygen atoms in total. The van der Waals surface area contributed by atoms with Gasteiger partial charge in [0.05, 0.1) is 6.54 Å². The maximum atomic E-state index is 11.9. The molecule has 0 saturated carbocycles. The zero-order chi connectivity index (χ0) is 12.9. The van der Waals surface area contributed by atoms with Gasteiger partial charge >= 0.3 is 0 Å². The first-order chi connectivity index (χ1) is 7.95. The van der Waals surface area contributed by atoms with E-state index in [1.54, 1.807) is 0 Å². The fraction of sp³-hybridized carbons (Fsp3) is 0.533. The third kappa shape index (κ3) is 4.31. The number of carbonyl (C=O) groups is 1. The molecule has 0 N–H and O–H groups in total. The van der Waals surface area contributed by atoms with Crippen molar-refractivity contribution in [1.29, 1.82) is 0 Å². The van der Waals surface area contributed by atoms with Crippen LogP contribution in [0.15, 0.2) is 30.3 Å². The number of rotatable bonds is 6. The number of nitrogens with zero attached hydrogens (tertiary/aromatic N) is 1. The Morgan fingerprint density at radius 3 is 2.35 bits per heavy atom. The zero-order valence-electron chi connectivity index (χ0n) is 11.4. The molecule has 0 atom stereocenters. The summed E-state index contributed by atoms with van der Waals surface area (Å²) in [6, 6.07) is 9.93. The second kappa shape index (κ2) is 5.97. The fourth-order valence-electron chi connectivity index (χ4n) is 1.63. The number of hydrogen-bond donors (Lipinski definition) is 0. The Hall–Kier alpha value is -1.15. The van der Waals surface area contributed by atoms with Crippen LogP contribution in [0, 0.1) is 0 Å². The first kappa shape index (κ1) is 13.9. The van der Waals surface area contributed by atoms with Crippen molar-refractivity contribution in [1.82, 2.24) is 4.90 Å². The summed E-state index contributed by atoms with van der Waals surface area (Å²) >= 11 is 0. The van der Waals surface area contributed by atoms with E-state index in [4.69, 9.17) is 0 Å². The number of carbonyl (C=O) groups excluding carboxylic acids is 1. The molecule has 0 aliphatic heterocycles. The van der Waals surface area contributed by atoms with Crippen molar-refractivity contribution in [3.8, 4) is 0 Å². The van der Waals surface area contributed by atoms with E-state index >= 15 is 0 Å². The minimum atomic E-state index is 0.0896. The Morgan fingerprint density at radius 1 is 1.24 bits per heavy atom. The minimum absolute atomic E-state index is 0.0896. The van der Waals surface area contributed by atoms with Crippen LogP contribution in [0.3, 0.4) is 0 Å². The van der Waals surface area contributed by atoms with E-state index in [1.165, 1.54) is 0 Å². The summed E-state index contributed by atoms with van der Waals surface area (Å²) in [5, 5.41) is 0. The first-order valence-corrected chi connectivity index (χ1v) is 6.22. The topological polar surface area (TPSA) is 20.3 Å². The Morgan fingerprint density at radius 2 is 1.82 bits per heavy atom. The van der Waals surface area contributed by atoms with Crippen LogP contribution >= 0.6 is 0 Å². The van der Waals surface area contributed by atoms with Crippen LogP contribution < -0.4 is 0 Å². The van der Waals surface area contributed by atoms with Crippen molar-refractivity contribution < 1.29 is 4.79 Å². The monoisotopic (exact) mass is 233 g/mol. The predicted molar refractivity (Wildman–Crippen MR) is 72.2 cm³/mol. The molecule has 0 radical (unpaired) electrons. The molecular weight excluding hydrogens is 210 g/mol. The van der Waals surface area contributed by atoms with Crippen LogP contribution in [-0.4, -0.2) is 29.8 Å². The fourth-order valence-corrected chi connectivity index (χ4v) is 1.63. The molecule has 0 spiro atoms. The summed E-state index contributed by atoms with van der Waals surface area (Å²) in [6.07, 6.45) is 1.58. The number of likely N-dealkylation sites (N-methyl/N-ethyl adjacent to an activating group) is 1. The second-order valence-electron chi connectivity index (χ2n) is 5.22. The highest BCUT2D eigenvalue weighted by molar-refractivity contribution is 5.82. The average molecular weight is 233 g/mol. The molecule has 1 aromatic carbocycles. The molecule has 0 aliphatic rings. The molecule has 0 aliphatic carbocycles. The van der Waals surface area contributed by atoms with E-state index in [0.717, 1.165) is 12.0 Å². The van der Waals surface area contributed by atoms with Crippen molar-refractivity contribution in [3.63, 3.8) is 0 Å². The smallest absolute Gasteiger partial charge is 0.151 e. The number of benzene rings is 1. The summed E-state index contributed by atoms with van der Waals surface area (Å²) in [6.45, 7) is 7.01. The van der Waals surface area contributed by atoms with Gasteiger partial charge in [0, 0.05) is 12.0 Å². The standard InChI is InChI=1S/C15H23NO/c1-5-15(2,3)16(4)12-14(17)11-13-9-7-6-8-10-13/h6-10H,5,11-12H2,1-4H3. The van der Waals surface area contributed by atoms with Crippen molar-refractivity contribution >= 4 is 5.78 Å². The van der Waals surface area contributed by atoms with Gasteiger partial charge in [0.25, 0.3) is 0 Å². The Balaban J connectivity index is 2.51. The van der Waals surface area contributed by atoms with E-state index in [9.17, 15) is 4.79 Å². The van der Waals surface area contributed by atoms with E-state index in [0.29, 0.717) is 13.0 Å². The Kier molecular flexibility index (Phi) is 4.88. The highest BCUT2D eigenvalue weighted by Gasteiger charge is 2.22. The highest BCUT2D eigenvalue weighted by atomic mass is 16.1. The van der Waals surface area contributed by atoms with Crippen LogP contribution in [0.4, 0.5) is 0 Å². The van der Waals surface area contributed by atoms with Crippen LogP contribution in [0.25, 0.3) is 0 Å². The molecule has 2 heteroatoms. The van der Waals surface area contributed by atoms with Gasteiger partial charge in [-0.15, -0.1) is 0 Å². The van der Waals surface area contributed by atoms with Gasteiger partial charge in [0.2, 0.25) is 0 Å². The lowest BCUT2D eigenvalue weighted by molar-refractivity contribution is -0.120. The van der Waals surface area contributed by atoms with Crippen LogP contribution in [-0.2, 0) is 11.2 Å². The summed E-state index contributed by atoms with van der Waals surface area (Å²) < 4.78 is 0. The zero-order valence-corrected chi connectivity index (χ0v) is 11.4. The van der Waals surface area contributed by atoms with Gasteiger partial charge in [0.15, 0.2) is 5.78 Å². The molecule has 17 heavy (non-hydrogen) atoms. The number of ketones is 1. The van der Waals surface area contributed by atoms with Gasteiger partial charge in [-0.25, -0.2) is 0 Å². The van der Waals surface area contributed by atoms with Gasteiger partial charge in [-0.1, -0.05) is 37.3 Å². The number of hydrogen-bond acceptors (Lipinski definition) is 2. The van der Waals surface area contributed by atoms with Crippen LogP contribution in [0.2, 0.25) is 0 Å². The summed E-state index contributed by atoms with van der Waals surface area (Å²) in [5.74, 6) is 0.278. The largest absolute Gasteiger partial charge is 0.298 e. The van der Waals surface area contributed by atoms with Gasteiger partial charge in [-0.3, -0.25) is 9.69 Å². The van der Waals surface area contributed by atoms with Gasteiger partial charge < -0.3 is 0 Å². The molecular formula is C15H23NO. The molecule has 0 saturated heterocycles. The summed E-state index contributed by atoms with van der Waals surface area (Å²) in [7, 11) is 2.02. The highest BCUT2D eigenvalue weighted by Crippen LogP contribution is 2.16. The number of Topliss-reactive ketones (excluding diaryl/α,β-unsaturated/α-hetero) is 1. The van der Waals surface area contributed by atoms with Crippen LogP contribution in [0.5, 0.6) is 0 Å².